The minimum absolute atomic E-state index is 0.129. The van der Waals surface area contributed by atoms with Crippen LogP contribution in [0.5, 0.6) is 0 Å². The van der Waals surface area contributed by atoms with Gasteiger partial charge in [0.1, 0.15) is 5.82 Å². The molecule has 24 heavy (non-hydrogen) atoms. The van der Waals surface area contributed by atoms with Gasteiger partial charge in [-0.05, 0) is 35.4 Å². The average Bonchev–Trinajstić information content (AvgIpc) is 2.59. The van der Waals surface area contributed by atoms with E-state index in [0.29, 0.717) is 11.6 Å². The normalized spacial score (nSPS) is 17.2. The molecule has 1 heterocycles. The average molecular weight is 346 g/mol. The van der Waals surface area contributed by atoms with E-state index in [1.54, 1.807) is 0 Å². The monoisotopic (exact) mass is 345 g/mol. The number of hydrogen-bond acceptors (Lipinski definition) is 1. The van der Waals surface area contributed by atoms with Crippen molar-refractivity contribution in [3.63, 3.8) is 0 Å². The second-order valence-electron chi connectivity index (χ2n) is 5.90. The SMILES string of the molecule is O=C(C[NH+]1CC=C(c2ccccc2)CC1)Nc1cc(Cl)ccc1F. The highest BCUT2D eigenvalue weighted by Crippen LogP contribution is 2.19. The number of carbonyl (C=O) groups excluding carboxylic acids is 1. The Bertz CT molecular complexity index is 761. The third-order valence-corrected chi connectivity index (χ3v) is 4.38. The smallest absolute Gasteiger partial charge is 0.279 e. The van der Waals surface area contributed by atoms with Crippen molar-refractivity contribution in [2.24, 2.45) is 0 Å². The first kappa shape index (κ1) is 16.7. The van der Waals surface area contributed by atoms with E-state index in [-0.39, 0.29) is 11.6 Å². The van der Waals surface area contributed by atoms with Crippen molar-refractivity contribution in [3.05, 3.63) is 71.0 Å². The molecule has 0 saturated heterocycles. The number of nitrogens with one attached hydrogen (secondary N) is 2. The second kappa shape index (κ2) is 7.60. The highest BCUT2D eigenvalue weighted by Gasteiger charge is 2.19. The molecular formula is C19H19ClFN2O+. The Morgan fingerprint density at radius 1 is 1.21 bits per heavy atom. The molecule has 0 bridgehead atoms. The van der Waals surface area contributed by atoms with Gasteiger partial charge in [-0.2, -0.15) is 0 Å². The van der Waals surface area contributed by atoms with Crippen LogP contribution in [0.3, 0.4) is 0 Å². The van der Waals surface area contributed by atoms with Crippen molar-refractivity contribution < 1.29 is 14.1 Å². The Balaban J connectivity index is 1.57. The van der Waals surface area contributed by atoms with Crippen LogP contribution < -0.4 is 10.2 Å². The summed E-state index contributed by atoms with van der Waals surface area (Å²) in [5.41, 5.74) is 2.69. The number of benzene rings is 2. The van der Waals surface area contributed by atoms with Gasteiger partial charge in [0.2, 0.25) is 0 Å². The summed E-state index contributed by atoms with van der Waals surface area (Å²) >= 11 is 5.84. The number of quaternary nitrogens is 1. The van der Waals surface area contributed by atoms with E-state index in [1.807, 2.05) is 18.2 Å². The summed E-state index contributed by atoms with van der Waals surface area (Å²) in [6, 6.07) is 14.4. The lowest BCUT2D eigenvalue weighted by Gasteiger charge is -2.23. The van der Waals surface area contributed by atoms with Gasteiger partial charge in [0, 0.05) is 11.4 Å². The lowest BCUT2D eigenvalue weighted by molar-refractivity contribution is -0.886. The molecule has 3 nitrogen and oxygen atoms in total. The molecule has 1 unspecified atom stereocenters. The maximum Gasteiger partial charge on any atom is 0.279 e. The van der Waals surface area contributed by atoms with E-state index < -0.39 is 5.82 Å². The summed E-state index contributed by atoms with van der Waals surface area (Å²) in [7, 11) is 0. The molecule has 2 aromatic carbocycles. The van der Waals surface area contributed by atoms with Crippen molar-refractivity contribution >= 4 is 28.8 Å². The van der Waals surface area contributed by atoms with Crippen LogP contribution in [0.4, 0.5) is 10.1 Å². The highest BCUT2D eigenvalue weighted by molar-refractivity contribution is 6.30. The van der Waals surface area contributed by atoms with E-state index >= 15 is 0 Å². The summed E-state index contributed by atoms with van der Waals surface area (Å²) in [4.78, 5) is 13.3. The predicted molar refractivity (Wildman–Crippen MR) is 94.6 cm³/mol. The molecule has 2 aromatic rings. The highest BCUT2D eigenvalue weighted by atomic mass is 35.5. The number of anilines is 1. The van der Waals surface area contributed by atoms with Gasteiger partial charge in [-0.25, -0.2) is 4.39 Å². The minimum atomic E-state index is -0.479. The Kier molecular flexibility index (Phi) is 5.28. The van der Waals surface area contributed by atoms with Gasteiger partial charge in [-0.1, -0.05) is 41.9 Å². The van der Waals surface area contributed by atoms with Crippen LogP contribution in [0.2, 0.25) is 5.02 Å². The third kappa shape index (κ3) is 4.22. The van der Waals surface area contributed by atoms with Gasteiger partial charge < -0.3 is 10.2 Å². The molecule has 0 radical (unpaired) electrons. The van der Waals surface area contributed by atoms with Gasteiger partial charge >= 0.3 is 0 Å². The molecule has 0 spiro atoms. The van der Waals surface area contributed by atoms with Crippen LogP contribution in [0, 0.1) is 5.82 Å². The van der Waals surface area contributed by atoms with Crippen LogP contribution in [0.1, 0.15) is 12.0 Å². The predicted octanol–water partition coefficient (Wildman–Crippen LogP) is 2.79. The molecular weight excluding hydrogens is 327 g/mol. The molecule has 0 aliphatic carbocycles. The first-order valence-electron chi connectivity index (χ1n) is 7.95. The number of amides is 1. The topological polar surface area (TPSA) is 33.5 Å². The lowest BCUT2D eigenvalue weighted by atomic mass is 10.00. The zero-order valence-corrected chi connectivity index (χ0v) is 13.9. The Labute approximate surface area is 145 Å². The van der Waals surface area contributed by atoms with Crippen LogP contribution in [0.15, 0.2) is 54.6 Å². The summed E-state index contributed by atoms with van der Waals surface area (Å²) in [6.45, 7) is 1.98. The van der Waals surface area contributed by atoms with Gasteiger partial charge in [0.05, 0.1) is 18.8 Å². The molecule has 1 aliphatic heterocycles. The van der Waals surface area contributed by atoms with Crippen molar-refractivity contribution in [2.45, 2.75) is 6.42 Å². The Morgan fingerprint density at radius 2 is 2.00 bits per heavy atom. The van der Waals surface area contributed by atoms with E-state index in [4.69, 9.17) is 11.6 Å². The minimum Gasteiger partial charge on any atom is -0.324 e. The van der Waals surface area contributed by atoms with E-state index in [1.165, 1.54) is 29.3 Å². The first-order chi connectivity index (χ1) is 11.6. The van der Waals surface area contributed by atoms with E-state index in [0.717, 1.165) is 24.4 Å². The van der Waals surface area contributed by atoms with Crippen molar-refractivity contribution in [3.8, 4) is 0 Å². The zero-order valence-electron chi connectivity index (χ0n) is 13.2. The maximum absolute atomic E-state index is 13.7. The molecule has 3 rings (SSSR count). The summed E-state index contributed by atoms with van der Waals surface area (Å²) in [5, 5.41) is 3.00. The fraction of sp³-hybridized carbons (Fsp3) is 0.211. The number of rotatable bonds is 4. The summed E-state index contributed by atoms with van der Waals surface area (Å²) in [5.74, 6) is -0.685. The lowest BCUT2D eigenvalue weighted by Crippen LogP contribution is -3.13. The van der Waals surface area contributed by atoms with Gasteiger partial charge in [-0.3, -0.25) is 4.79 Å². The van der Waals surface area contributed by atoms with E-state index in [2.05, 4.69) is 23.5 Å². The Hall–Kier alpha value is -2.17. The van der Waals surface area contributed by atoms with E-state index in [9.17, 15) is 9.18 Å². The van der Waals surface area contributed by atoms with Crippen LogP contribution in [-0.4, -0.2) is 25.5 Å². The molecule has 0 fully saturated rings. The number of halogens is 2. The van der Waals surface area contributed by atoms with Crippen molar-refractivity contribution in [2.75, 3.05) is 25.0 Å². The number of carbonyl (C=O) groups is 1. The van der Waals surface area contributed by atoms with Crippen LogP contribution in [-0.2, 0) is 4.79 Å². The fourth-order valence-electron chi connectivity index (χ4n) is 2.87. The van der Waals surface area contributed by atoms with Gasteiger partial charge in [0.25, 0.3) is 5.91 Å². The molecule has 1 atom stereocenters. The third-order valence-electron chi connectivity index (χ3n) is 4.14. The summed E-state index contributed by atoms with van der Waals surface area (Å²) in [6.07, 6.45) is 3.11. The molecule has 1 aliphatic rings. The van der Waals surface area contributed by atoms with Crippen molar-refractivity contribution in [1.29, 1.82) is 0 Å². The first-order valence-corrected chi connectivity index (χ1v) is 8.32. The summed E-state index contributed by atoms with van der Waals surface area (Å²) < 4.78 is 13.7. The molecule has 0 saturated carbocycles. The molecule has 0 aromatic heterocycles. The second-order valence-corrected chi connectivity index (χ2v) is 6.34. The van der Waals surface area contributed by atoms with Crippen LogP contribution in [0.25, 0.3) is 5.57 Å². The van der Waals surface area contributed by atoms with Gasteiger partial charge in [0.15, 0.2) is 6.54 Å². The molecule has 5 heteroatoms. The largest absolute Gasteiger partial charge is 0.324 e. The quantitative estimate of drug-likeness (QED) is 0.877. The Morgan fingerprint density at radius 3 is 2.71 bits per heavy atom. The molecule has 1 amide bonds. The fourth-order valence-corrected chi connectivity index (χ4v) is 3.04. The molecule has 124 valence electrons. The van der Waals surface area contributed by atoms with Gasteiger partial charge in [-0.15, -0.1) is 0 Å². The standard InChI is InChI=1S/C19H18ClFN2O/c20-16-6-7-17(21)18(12-16)22-19(24)13-23-10-8-15(9-11-23)14-4-2-1-3-5-14/h1-8,12H,9-11,13H2,(H,22,24)/p+1. The van der Waals surface area contributed by atoms with Crippen LogP contribution >= 0.6 is 11.6 Å². The van der Waals surface area contributed by atoms with Crippen molar-refractivity contribution in [1.82, 2.24) is 0 Å². The zero-order chi connectivity index (χ0) is 16.9. The maximum atomic E-state index is 13.7. The molecule has 2 N–H and O–H groups in total. The number of hydrogen-bond donors (Lipinski definition) is 2.